The number of anilines is 2. The molecule has 222 valence electrons. The van der Waals surface area contributed by atoms with Crippen LogP contribution in [-0.2, 0) is 28.5 Å². The lowest BCUT2D eigenvalue weighted by atomic mass is 10.1. The van der Waals surface area contributed by atoms with Gasteiger partial charge in [-0.1, -0.05) is 6.07 Å². The summed E-state index contributed by atoms with van der Waals surface area (Å²) in [6.07, 6.45) is -3.81. The third kappa shape index (κ3) is 10.8. The van der Waals surface area contributed by atoms with Gasteiger partial charge >= 0.3 is 18.3 Å². The predicted octanol–water partition coefficient (Wildman–Crippen LogP) is 4.41. The number of unbranched alkanes of at least 4 members (excludes halogenated alkanes) is 1. The molecule has 1 aliphatic heterocycles. The number of alkyl halides is 6. The van der Waals surface area contributed by atoms with Crippen molar-refractivity contribution in [3.8, 4) is 0 Å². The first-order chi connectivity index (χ1) is 18.9. The Labute approximate surface area is 227 Å². The summed E-state index contributed by atoms with van der Waals surface area (Å²) in [6.45, 7) is 0.0864. The van der Waals surface area contributed by atoms with Gasteiger partial charge in [0.05, 0.1) is 12.2 Å². The normalized spacial score (nSPS) is 14.5. The molecule has 1 atom stereocenters. The summed E-state index contributed by atoms with van der Waals surface area (Å²) >= 11 is 0. The van der Waals surface area contributed by atoms with Crippen molar-refractivity contribution in [2.24, 2.45) is 0 Å². The zero-order valence-corrected chi connectivity index (χ0v) is 21.7. The van der Waals surface area contributed by atoms with Crippen molar-refractivity contribution in [3.05, 3.63) is 41.3 Å². The summed E-state index contributed by atoms with van der Waals surface area (Å²) in [5.41, 5.74) is 1.04. The van der Waals surface area contributed by atoms with Crippen molar-refractivity contribution in [2.45, 2.75) is 56.9 Å². The van der Waals surface area contributed by atoms with Crippen LogP contribution >= 0.6 is 0 Å². The second-order valence-corrected chi connectivity index (χ2v) is 9.42. The first-order valence-electron chi connectivity index (χ1n) is 12.9. The number of pyridine rings is 1. The number of fused-ring (bicyclic) bond motifs is 1. The quantitative estimate of drug-likeness (QED) is 0.209. The minimum atomic E-state index is -4.63. The highest BCUT2D eigenvalue weighted by Crippen LogP contribution is 2.28. The maximum Gasteiger partial charge on any atom is 0.419 e. The van der Waals surface area contributed by atoms with Crippen LogP contribution in [0.1, 0.15) is 42.5 Å². The Kier molecular flexibility index (Phi) is 11.3. The van der Waals surface area contributed by atoms with E-state index in [9.17, 15) is 36.2 Å². The largest absolute Gasteiger partial charge is 0.480 e. The number of carboxylic acids is 1. The van der Waals surface area contributed by atoms with Crippen LogP contribution in [0.5, 0.6) is 0 Å². The first-order valence-corrected chi connectivity index (χ1v) is 12.9. The number of aromatic nitrogens is 3. The minimum Gasteiger partial charge on any atom is -0.480 e. The SMILES string of the molecule is O=C(O)[C@H](CCN(CCCCc1ccc2c(n1)NCCC2)CCOCC(F)(F)F)Nc1ncc(C(F)(F)F)cn1. The maximum atomic E-state index is 12.7. The van der Waals surface area contributed by atoms with E-state index in [0.717, 1.165) is 37.3 Å². The van der Waals surface area contributed by atoms with Crippen LogP contribution < -0.4 is 10.6 Å². The lowest BCUT2D eigenvalue weighted by Gasteiger charge is -2.24. The molecular formula is C25H32F6N6O3. The number of hydrogen-bond acceptors (Lipinski definition) is 8. The van der Waals surface area contributed by atoms with Gasteiger partial charge in [0.15, 0.2) is 0 Å². The molecule has 15 heteroatoms. The van der Waals surface area contributed by atoms with Gasteiger partial charge < -0.3 is 25.4 Å². The van der Waals surface area contributed by atoms with Crippen LogP contribution in [-0.4, -0.2) is 82.5 Å². The Morgan fingerprint density at radius 1 is 1.10 bits per heavy atom. The molecule has 2 aromatic heterocycles. The van der Waals surface area contributed by atoms with Crippen LogP contribution in [0.3, 0.4) is 0 Å². The summed E-state index contributed by atoms with van der Waals surface area (Å²) < 4.78 is 80.2. The molecule has 9 nitrogen and oxygen atoms in total. The fourth-order valence-electron chi connectivity index (χ4n) is 4.14. The number of ether oxygens (including phenoxy) is 1. The Balaban J connectivity index is 1.53. The zero-order valence-electron chi connectivity index (χ0n) is 21.7. The Morgan fingerprint density at radius 2 is 1.85 bits per heavy atom. The molecule has 0 amide bonds. The lowest BCUT2D eigenvalue weighted by molar-refractivity contribution is -0.174. The van der Waals surface area contributed by atoms with Crippen LogP contribution in [0, 0.1) is 0 Å². The van der Waals surface area contributed by atoms with Crippen molar-refractivity contribution >= 4 is 17.7 Å². The van der Waals surface area contributed by atoms with Crippen molar-refractivity contribution in [1.29, 1.82) is 0 Å². The van der Waals surface area contributed by atoms with E-state index in [1.165, 1.54) is 5.56 Å². The number of aliphatic carboxylic acids is 1. The van der Waals surface area contributed by atoms with Crippen molar-refractivity contribution in [2.75, 3.05) is 50.0 Å². The summed E-state index contributed by atoms with van der Waals surface area (Å²) in [6, 6.07) is 2.82. The van der Waals surface area contributed by atoms with Gasteiger partial charge in [0.1, 0.15) is 18.5 Å². The molecule has 0 radical (unpaired) electrons. The van der Waals surface area contributed by atoms with Crippen LogP contribution in [0.2, 0.25) is 0 Å². The average Bonchev–Trinajstić information content (AvgIpc) is 2.89. The molecule has 0 aromatic carbocycles. The smallest absolute Gasteiger partial charge is 0.419 e. The van der Waals surface area contributed by atoms with Crippen molar-refractivity contribution in [1.82, 2.24) is 19.9 Å². The van der Waals surface area contributed by atoms with Crippen LogP contribution in [0.25, 0.3) is 0 Å². The summed E-state index contributed by atoms with van der Waals surface area (Å²) in [4.78, 5) is 25.3. The molecule has 0 spiro atoms. The molecule has 0 aliphatic carbocycles. The number of aryl methyl sites for hydroxylation is 2. The Morgan fingerprint density at radius 3 is 2.52 bits per heavy atom. The van der Waals surface area contributed by atoms with Crippen molar-refractivity contribution in [3.63, 3.8) is 0 Å². The van der Waals surface area contributed by atoms with Gasteiger partial charge in [0, 0.05) is 37.7 Å². The van der Waals surface area contributed by atoms with E-state index < -0.39 is 36.5 Å². The fourth-order valence-corrected chi connectivity index (χ4v) is 4.14. The molecule has 1 aliphatic rings. The fraction of sp³-hybridized carbons (Fsp3) is 0.600. The van der Waals surface area contributed by atoms with Gasteiger partial charge in [0.2, 0.25) is 5.95 Å². The molecule has 0 saturated carbocycles. The number of nitrogens with one attached hydrogen (secondary N) is 2. The number of rotatable bonds is 15. The predicted molar refractivity (Wildman–Crippen MR) is 134 cm³/mol. The maximum absolute atomic E-state index is 12.7. The highest BCUT2D eigenvalue weighted by molar-refractivity contribution is 5.76. The number of halogens is 6. The average molecular weight is 579 g/mol. The van der Waals surface area contributed by atoms with Crippen molar-refractivity contribution < 1.29 is 41.0 Å². The third-order valence-electron chi connectivity index (χ3n) is 6.24. The summed E-state index contributed by atoms with van der Waals surface area (Å²) in [5.74, 6) is -0.659. The lowest BCUT2D eigenvalue weighted by Crippen LogP contribution is -2.37. The molecule has 0 saturated heterocycles. The van der Waals surface area contributed by atoms with Crippen LogP contribution in [0.4, 0.5) is 38.1 Å². The van der Waals surface area contributed by atoms with Gasteiger partial charge in [-0.15, -0.1) is 0 Å². The van der Waals surface area contributed by atoms with E-state index in [1.807, 2.05) is 6.07 Å². The van der Waals surface area contributed by atoms with E-state index in [2.05, 4.69) is 31.7 Å². The van der Waals surface area contributed by atoms with E-state index in [4.69, 9.17) is 4.74 Å². The molecule has 0 fully saturated rings. The standard InChI is InChI=1S/C25H32F6N6O3/c26-24(27,28)16-40-13-12-37(10-2-1-5-19-7-6-17-4-3-9-32-21(17)35-19)11-8-20(22(38)39)36-23-33-14-18(15-34-23)25(29,30)31/h6-7,14-15,20H,1-5,8-13,16H2,(H,32,35)(H,38,39)(H,33,34,36)/t20-/m0/s1. The molecule has 0 bridgehead atoms. The highest BCUT2D eigenvalue weighted by Gasteiger charge is 2.31. The molecule has 3 heterocycles. The molecule has 2 aromatic rings. The Bertz CT molecular complexity index is 1080. The zero-order chi connectivity index (χ0) is 29.2. The van der Waals surface area contributed by atoms with Gasteiger partial charge in [0.25, 0.3) is 0 Å². The number of carbonyl (C=O) groups is 1. The van der Waals surface area contributed by atoms with E-state index >= 15 is 0 Å². The topological polar surface area (TPSA) is 112 Å². The van der Waals surface area contributed by atoms with Gasteiger partial charge in [-0.3, -0.25) is 0 Å². The molecule has 40 heavy (non-hydrogen) atoms. The Hall–Kier alpha value is -3.20. The van der Waals surface area contributed by atoms with E-state index in [0.29, 0.717) is 31.8 Å². The molecule has 0 unspecified atom stereocenters. The second kappa shape index (κ2) is 14.4. The highest BCUT2D eigenvalue weighted by atomic mass is 19.4. The number of carboxylic acid groups (broad SMARTS) is 1. The first kappa shape index (κ1) is 31.3. The van der Waals surface area contributed by atoms with Gasteiger partial charge in [-0.2, -0.15) is 26.3 Å². The van der Waals surface area contributed by atoms with Gasteiger partial charge in [-0.05, 0) is 56.7 Å². The third-order valence-corrected chi connectivity index (χ3v) is 6.24. The summed E-state index contributed by atoms with van der Waals surface area (Å²) in [5, 5.41) is 15.4. The molecule has 3 N–H and O–H groups in total. The van der Waals surface area contributed by atoms with E-state index in [-0.39, 0.29) is 32.1 Å². The monoisotopic (exact) mass is 578 g/mol. The number of hydrogen-bond donors (Lipinski definition) is 3. The van der Waals surface area contributed by atoms with E-state index in [1.54, 1.807) is 4.90 Å². The second-order valence-electron chi connectivity index (χ2n) is 9.42. The van der Waals surface area contributed by atoms with Gasteiger partial charge in [-0.25, -0.2) is 19.7 Å². The van der Waals surface area contributed by atoms with Crippen LogP contribution in [0.15, 0.2) is 24.5 Å². The molecule has 3 rings (SSSR count). The number of nitrogens with zero attached hydrogens (tertiary/aromatic N) is 4. The minimum absolute atomic E-state index is 0.00294. The summed E-state index contributed by atoms with van der Waals surface area (Å²) in [7, 11) is 0. The molecular weight excluding hydrogens is 546 g/mol.